The molecule has 1 aliphatic rings. The molecule has 0 aromatic heterocycles. The number of imide groups is 1. The Hall–Kier alpha value is -0.950. The number of aryl methyl sites for hydroxylation is 1. The first-order valence-corrected chi connectivity index (χ1v) is 6.47. The van der Waals surface area contributed by atoms with Crippen LogP contribution in [0.5, 0.6) is 0 Å². The molecule has 0 radical (unpaired) electrons. The third-order valence-corrected chi connectivity index (χ3v) is 3.96. The molecule has 1 saturated carbocycles. The minimum absolute atomic E-state index is 0.0477. The van der Waals surface area contributed by atoms with E-state index in [0.717, 1.165) is 27.0 Å². The van der Waals surface area contributed by atoms with E-state index in [1.165, 1.54) is 0 Å². The quantitative estimate of drug-likeness (QED) is 0.293. The molecule has 0 atom stereocenters. The molecule has 0 spiro atoms. The summed E-state index contributed by atoms with van der Waals surface area (Å²) in [5.41, 5.74) is 1.55. The number of rotatable bonds is 2. The lowest BCUT2D eigenvalue weighted by atomic mass is 10.1. The first-order valence-electron chi connectivity index (χ1n) is 5.40. The van der Waals surface area contributed by atoms with Gasteiger partial charge in [-0.15, -0.1) is 0 Å². The van der Waals surface area contributed by atoms with Crippen LogP contribution in [0.3, 0.4) is 0 Å². The van der Waals surface area contributed by atoms with Crippen molar-refractivity contribution in [2.45, 2.75) is 19.8 Å². The van der Waals surface area contributed by atoms with E-state index in [-0.39, 0.29) is 11.8 Å². The highest BCUT2D eigenvalue weighted by atomic mass is 127. The van der Waals surface area contributed by atoms with Crippen molar-refractivity contribution in [2.24, 2.45) is 11.8 Å². The van der Waals surface area contributed by atoms with Crippen molar-refractivity contribution in [1.29, 1.82) is 0 Å². The molecule has 0 aliphatic heterocycles. The van der Waals surface area contributed by atoms with Gasteiger partial charge in [0.25, 0.3) is 5.91 Å². The van der Waals surface area contributed by atoms with Crippen molar-refractivity contribution < 1.29 is 9.59 Å². The molecule has 5 heteroatoms. The van der Waals surface area contributed by atoms with Gasteiger partial charge >= 0.3 is 0 Å². The van der Waals surface area contributed by atoms with Gasteiger partial charge < -0.3 is 0 Å². The number of carbonyl (C=O) groups excluding carboxylic acids is 2. The second kappa shape index (κ2) is 4.73. The van der Waals surface area contributed by atoms with Gasteiger partial charge in [0.15, 0.2) is 0 Å². The van der Waals surface area contributed by atoms with E-state index in [2.05, 4.69) is 22.6 Å². The van der Waals surface area contributed by atoms with Gasteiger partial charge in [0.1, 0.15) is 0 Å². The maximum absolute atomic E-state index is 12.0. The van der Waals surface area contributed by atoms with Gasteiger partial charge in [0.05, 0.1) is 0 Å². The fourth-order valence-corrected chi connectivity index (χ4v) is 2.01. The van der Waals surface area contributed by atoms with E-state index in [0.29, 0.717) is 5.56 Å². The molecule has 0 heterocycles. The Morgan fingerprint density at radius 3 is 2.59 bits per heavy atom. The van der Waals surface area contributed by atoms with Gasteiger partial charge in [0, 0.05) is 15.1 Å². The van der Waals surface area contributed by atoms with Gasteiger partial charge in [-0.2, -0.15) is 0 Å². The fourth-order valence-electron chi connectivity index (χ4n) is 1.49. The molecule has 0 bridgehead atoms. The van der Waals surface area contributed by atoms with Crippen molar-refractivity contribution in [2.75, 3.05) is 0 Å². The number of nitrogens with zero attached hydrogens (tertiary/aromatic N) is 1. The van der Waals surface area contributed by atoms with Crippen LogP contribution in [0.4, 0.5) is 0 Å². The summed E-state index contributed by atoms with van der Waals surface area (Å²) in [4.78, 5) is 23.6. The molecule has 1 fully saturated rings. The normalized spacial score (nSPS) is 14.5. The number of amides is 2. The van der Waals surface area contributed by atoms with Crippen molar-refractivity contribution in [3.8, 4) is 0 Å². The Kier molecular flexibility index (Phi) is 3.48. The van der Waals surface area contributed by atoms with Crippen LogP contribution in [0.1, 0.15) is 28.8 Å². The van der Waals surface area contributed by atoms with Crippen molar-refractivity contribution in [3.63, 3.8) is 0 Å². The molecule has 1 aromatic carbocycles. The second-order valence-corrected chi connectivity index (χ2v) is 5.41. The average molecular weight is 344 g/mol. The number of halogens is 1. The highest BCUT2D eigenvalue weighted by Crippen LogP contribution is 2.30. The standard InChI is InChI=1S/C12H13IN2O2/c1-7-2-3-9(6-10(7)13)12(17)15(14)11(16)8-4-5-8/h2-3,6,8H,4-5,14H2,1H3. The van der Waals surface area contributed by atoms with Gasteiger partial charge in [-0.1, -0.05) is 6.07 Å². The zero-order valence-electron chi connectivity index (χ0n) is 9.44. The maximum Gasteiger partial charge on any atom is 0.274 e. The summed E-state index contributed by atoms with van der Waals surface area (Å²) in [6.45, 7) is 1.96. The molecule has 1 aromatic rings. The van der Waals surface area contributed by atoms with E-state index < -0.39 is 5.91 Å². The lowest BCUT2D eigenvalue weighted by Crippen LogP contribution is -2.43. The monoisotopic (exact) mass is 344 g/mol. The van der Waals surface area contributed by atoms with Gasteiger partial charge in [-0.25, -0.2) is 10.9 Å². The van der Waals surface area contributed by atoms with Crippen LogP contribution in [0, 0.1) is 16.4 Å². The summed E-state index contributed by atoms with van der Waals surface area (Å²) in [7, 11) is 0. The predicted molar refractivity (Wildman–Crippen MR) is 72.0 cm³/mol. The maximum atomic E-state index is 12.0. The summed E-state index contributed by atoms with van der Waals surface area (Å²) in [5, 5.41) is 0.748. The summed E-state index contributed by atoms with van der Waals surface area (Å²) >= 11 is 2.15. The van der Waals surface area contributed by atoms with Crippen LogP contribution in [0.25, 0.3) is 0 Å². The zero-order valence-corrected chi connectivity index (χ0v) is 11.6. The van der Waals surface area contributed by atoms with E-state index in [4.69, 9.17) is 5.84 Å². The molecule has 0 unspecified atom stereocenters. The summed E-state index contributed by atoms with van der Waals surface area (Å²) in [6, 6.07) is 5.29. The highest BCUT2D eigenvalue weighted by Gasteiger charge is 2.35. The Labute approximate surface area is 113 Å². The lowest BCUT2D eigenvalue weighted by Gasteiger charge is -2.14. The highest BCUT2D eigenvalue weighted by molar-refractivity contribution is 14.1. The number of carbonyl (C=O) groups is 2. The molecule has 17 heavy (non-hydrogen) atoms. The van der Waals surface area contributed by atoms with Crippen LogP contribution in [0.15, 0.2) is 18.2 Å². The summed E-state index contributed by atoms with van der Waals surface area (Å²) in [5.74, 6) is 4.80. The number of hydrogen-bond acceptors (Lipinski definition) is 3. The van der Waals surface area contributed by atoms with Gasteiger partial charge in [-0.05, 0) is 60.1 Å². The average Bonchev–Trinajstić information content (AvgIpc) is 3.14. The van der Waals surface area contributed by atoms with Gasteiger partial charge in [-0.3, -0.25) is 9.59 Å². The largest absolute Gasteiger partial charge is 0.274 e. The topological polar surface area (TPSA) is 63.4 Å². The first kappa shape index (κ1) is 12.5. The van der Waals surface area contributed by atoms with Crippen molar-refractivity contribution in [3.05, 3.63) is 32.9 Å². The molecule has 0 saturated heterocycles. The number of hydrazine groups is 1. The molecule has 2 N–H and O–H groups in total. The number of benzene rings is 1. The summed E-state index contributed by atoms with van der Waals surface area (Å²) < 4.78 is 0.987. The van der Waals surface area contributed by atoms with E-state index in [9.17, 15) is 9.59 Å². The zero-order chi connectivity index (χ0) is 12.6. The minimum atomic E-state index is -0.431. The Morgan fingerprint density at radius 1 is 1.41 bits per heavy atom. The van der Waals surface area contributed by atoms with E-state index in [1.807, 2.05) is 13.0 Å². The predicted octanol–water partition coefficient (Wildman–Crippen LogP) is 1.85. The van der Waals surface area contributed by atoms with Crippen LogP contribution < -0.4 is 5.84 Å². The molecular formula is C12H13IN2O2. The molecule has 1 aliphatic carbocycles. The van der Waals surface area contributed by atoms with E-state index in [1.54, 1.807) is 12.1 Å². The van der Waals surface area contributed by atoms with Gasteiger partial charge in [0.2, 0.25) is 5.91 Å². The Balaban J connectivity index is 2.18. The van der Waals surface area contributed by atoms with Crippen molar-refractivity contribution in [1.82, 2.24) is 5.01 Å². The molecule has 2 rings (SSSR count). The summed E-state index contributed by atoms with van der Waals surface area (Å²) in [6.07, 6.45) is 1.68. The lowest BCUT2D eigenvalue weighted by molar-refractivity contribution is -0.130. The number of hydrogen-bond donors (Lipinski definition) is 1. The smallest absolute Gasteiger partial charge is 0.273 e. The van der Waals surface area contributed by atoms with E-state index >= 15 is 0 Å². The van der Waals surface area contributed by atoms with Crippen LogP contribution >= 0.6 is 22.6 Å². The third kappa shape index (κ3) is 2.66. The van der Waals surface area contributed by atoms with Crippen LogP contribution in [0.2, 0.25) is 0 Å². The van der Waals surface area contributed by atoms with Crippen molar-refractivity contribution >= 4 is 34.4 Å². The van der Waals surface area contributed by atoms with Crippen LogP contribution in [-0.2, 0) is 4.79 Å². The Bertz CT molecular complexity index is 483. The third-order valence-electron chi connectivity index (χ3n) is 2.80. The molecule has 2 amide bonds. The SMILES string of the molecule is Cc1ccc(C(=O)N(N)C(=O)C2CC2)cc1I. The second-order valence-electron chi connectivity index (χ2n) is 4.25. The van der Waals surface area contributed by atoms with Crippen LogP contribution in [-0.4, -0.2) is 16.8 Å². The fraction of sp³-hybridized carbons (Fsp3) is 0.333. The molecular weight excluding hydrogens is 331 g/mol. The molecule has 4 nitrogen and oxygen atoms in total. The Morgan fingerprint density at radius 2 is 2.06 bits per heavy atom. The number of nitrogens with two attached hydrogens (primary N) is 1. The first-order chi connectivity index (χ1) is 8.00. The molecule has 90 valence electrons. The minimum Gasteiger partial charge on any atom is -0.273 e.